The number of nitro benzene ring substituents is 1. The van der Waals surface area contributed by atoms with Gasteiger partial charge in [-0.15, -0.1) is 0 Å². The number of likely N-dealkylation sites (N-methyl/N-ethyl adjacent to an activating group) is 1. The Balaban J connectivity index is 2.09. The fourth-order valence-corrected chi connectivity index (χ4v) is 3.05. The number of piperazine rings is 1. The molecule has 0 unspecified atom stereocenters. The van der Waals surface area contributed by atoms with E-state index in [0.717, 1.165) is 25.2 Å². The van der Waals surface area contributed by atoms with Crippen LogP contribution >= 0.6 is 0 Å². The van der Waals surface area contributed by atoms with Crippen molar-refractivity contribution in [3.05, 3.63) is 33.9 Å². The van der Waals surface area contributed by atoms with E-state index in [-0.39, 0.29) is 11.6 Å². The number of rotatable bonds is 6. The van der Waals surface area contributed by atoms with Gasteiger partial charge < -0.3 is 9.80 Å². The van der Waals surface area contributed by atoms with E-state index >= 15 is 0 Å². The van der Waals surface area contributed by atoms with Gasteiger partial charge in [-0.1, -0.05) is 13.8 Å². The number of carbonyl (C=O) groups excluding carboxylic acids is 1. The summed E-state index contributed by atoms with van der Waals surface area (Å²) >= 11 is 0. The summed E-state index contributed by atoms with van der Waals surface area (Å²) in [6, 6.07) is 2.54. The molecule has 0 N–H and O–H groups in total. The Hall–Kier alpha value is -2.36. The average molecular weight is 388 g/mol. The van der Waals surface area contributed by atoms with Crippen molar-refractivity contribution >= 4 is 17.3 Å². The van der Waals surface area contributed by atoms with Crippen molar-refractivity contribution in [2.24, 2.45) is 0 Å². The van der Waals surface area contributed by atoms with Gasteiger partial charge in [-0.05, 0) is 25.2 Å². The number of hydrogen-bond acceptors (Lipinski definition) is 5. The molecule has 0 radical (unpaired) electrons. The highest BCUT2D eigenvalue weighted by atomic mass is 19.4. The minimum atomic E-state index is -4.64. The van der Waals surface area contributed by atoms with Crippen LogP contribution in [0, 0.1) is 10.1 Å². The highest BCUT2D eigenvalue weighted by Crippen LogP contribution is 2.36. The predicted octanol–water partition coefficient (Wildman–Crippen LogP) is 2.60. The maximum atomic E-state index is 12.8. The van der Waals surface area contributed by atoms with E-state index in [1.165, 1.54) is 0 Å². The Morgan fingerprint density at radius 1 is 1.19 bits per heavy atom. The van der Waals surface area contributed by atoms with Crippen LogP contribution in [0.2, 0.25) is 0 Å². The lowest BCUT2D eigenvalue weighted by molar-refractivity contribution is -0.384. The van der Waals surface area contributed by atoms with E-state index in [4.69, 9.17) is 0 Å². The molecule has 1 saturated heterocycles. The molecular weight excluding hydrogens is 365 g/mol. The molecule has 1 aliphatic heterocycles. The van der Waals surface area contributed by atoms with Crippen molar-refractivity contribution in [1.82, 2.24) is 9.80 Å². The Kier molecular flexibility index (Phi) is 6.63. The summed E-state index contributed by atoms with van der Waals surface area (Å²) in [6.45, 7) is 7.19. The lowest BCUT2D eigenvalue weighted by Crippen LogP contribution is -2.51. The highest BCUT2D eigenvalue weighted by molar-refractivity contribution is 5.78. The fourth-order valence-electron chi connectivity index (χ4n) is 3.05. The standard InChI is InChI=1S/C17H23F3N4O3/c1-3-21(4-2)12-16(25)23-9-7-22(8-10-23)14-6-5-13(17(18,19)20)11-15(14)24(26)27/h5-6,11H,3-4,7-10,12H2,1-2H3. The third-order valence-electron chi connectivity index (χ3n) is 4.73. The summed E-state index contributed by atoms with van der Waals surface area (Å²) in [5.41, 5.74) is -1.48. The second-order valence-corrected chi connectivity index (χ2v) is 6.29. The highest BCUT2D eigenvalue weighted by Gasteiger charge is 2.34. The van der Waals surface area contributed by atoms with Gasteiger partial charge in [0.15, 0.2) is 0 Å². The van der Waals surface area contributed by atoms with E-state index in [1.807, 2.05) is 18.7 Å². The van der Waals surface area contributed by atoms with Crippen molar-refractivity contribution in [1.29, 1.82) is 0 Å². The molecule has 1 aromatic carbocycles. The third kappa shape index (κ3) is 5.09. The van der Waals surface area contributed by atoms with E-state index in [0.29, 0.717) is 38.8 Å². The molecule has 0 aliphatic carbocycles. The molecule has 1 amide bonds. The molecule has 0 bridgehead atoms. The maximum Gasteiger partial charge on any atom is 0.416 e. The van der Waals surface area contributed by atoms with Crippen LogP contribution in [-0.4, -0.2) is 66.4 Å². The average Bonchev–Trinajstić information content (AvgIpc) is 2.64. The number of alkyl halides is 3. The van der Waals surface area contributed by atoms with Gasteiger partial charge in [0.2, 0.25) is 5.91 Å². The fraction of sp³-hybridized carbons (Fsp3) is 0.588. The number of carbonyl (C=O) groups is 1. The molecule has 1 aliphatic rings. The second kappa shape index (κ2) is 8.55. The van der Waals surface area contributed by atoms with Crippen molar-refractivity contribution < 1.29 is 22.9 Å². The van der Waals surface area contributed by atoms with Crippen LogP contribution in [0.3, 0.4) is 0 Å². The zero-order valence-corrected chi connectivity index (χ0v) is 15.3. The topological polar surface area (TPSA) is 69.9 Å². The largest absolute Gasteiger partial charge is 0.416 e. The molecule has 0 aromatic heterocycles. The second-order valence-electron chi connectivity index (χ2n) is 6.29. The van der Waals surface area contributed by atoms with Gasteiger partial charge in [0.25, 0.3) is 5.69 Å². The monoisotopic (exact) mass is 388 g/mol. The third-order valence-corrected chi connectivity index (χ3v) is 4.73. The number of amides is 1. The number of benzene rings is 1. The van der Waals surface area contributed by atoms with Gasteiger partial charge >= 0.3 is 6.18 Å². The van der Waals surface area contributed by atoms with Gasteiger partial charge in [0, 0.05) is 32.2 Å². The lowest BCUT2D eigenvalue weighted by Gasteiger charge is -2.36. The van der Waals surface area contributed by atoms with Crippen LogP contribution in [0.1, 0.15) is 19.4 Å². The van der Waals surface area contributed by atoms with Gasteiger partial charge in [-0.3, -0.25) is 19.8 Å². The number of anilines is 1. The van der Waals surface area contributed by atoms with E-state index in [9.17, 15) is 28.1 Å². The Bertz CT molecular complexity index is 684. The van der Waals surface area contributed by atoms with Gasteiger partial charge in [-0.2, -0.15) is 13.2 Å². The maximum absolute atomic E-state index is 12.8. The van der Waals surface area contributed by atoms with Crippen LogP contribution in [0.25, 0.3) is 0 Å². The zero-order chi connectivity index (χ0) is 20.2. The molecule has 0 atom stereocenters. The van der Waals surface area contributed by atoms with Crippen LogP contribution in [0.5, 0.6) is 0 Å². The molecule has 0 saturated carbocycles. The SMILES string of the molecule is CCN(CC)CC(=O)N1CCN(c2ccc(C(F)(F)F)cc2[N+](=O)[O-])CC1. The van der Waals surface area contributed by atoms with Crippen molar-refractivity contribution in [2.75, 3.05) is 50.7 Å². The minimum Gasteiger partial charge on any atom is -0.362 e. The first kappa shape index (κ1) is 20.9. The van der Waals surface area contributed by atoms with E-state index in [1.54, 1.807) is 9.80 Å². The molecular formula is C17H23F3N4O3. The molecule has 1 aromatic rings. The van der Waals surface area contributed by atoms with Crippen LogP contribution in [-0.2, 0) is 11.0 Å². The van der Waals surface area contributed by atoms with E-state index in [2.05, 4.69) is 0 Å². The molecule has 2 rings (SSSR count). The number of nitrogens with zero attached hydrogens (tertiary/aromatic N) is 4. The summed E-state index contributed by atoms with van der Waals surface area (Å²) in [7, 11) is 0. The van der Waals surface area contributed by atoms with Crippen LogP contribution in [0.15, 0.2) is 18.2 Å². The summed E-state index contributed by atoms with van der Waals surface area (Å²) in [4.78, 5) is 28.1. The number of nitro groups is 1. The summed E-state index contributed by atoms with van der Waals surface area (Å²) in [5, 5.41) is 11.2. The van der Waals surface area contributed by atoms with Crippen molar-refractivity contribution in [2.45, 2.75) is 20.0 Å². The molecule has 1 fully saturated rings. The van der Waals surface area contributed by atoms with E-state index < -0.39 is 22.4 Å². The molecule has 0 spiro atoms. The Morgan fingerprint density at radius 2 is 1.78 bits per heavy atom. The first-order valence-electron chi connectivity index (χ1n) is 8.78. The first-order valence-corrected chi connectivity index (χ1v) is 8.78. The Morgan fingerprint density at radius 3 is 2.26 bits per heavy atom. The van der Waals surface area contributed by atoms with Crippen molar-refractivity contribution in [3.63, 3.8) is 0 Å². The number of hydrogen-bond donors (Lipinski definition) is 0. The van der Waals surface area contributed by atoms with Crippen LogP contribution < -0.4 is 4.90 Å². The van der Waals surface area contributed by atoms with Crippen LogP contribution in [0.4, 0.5) is 24.5 Å². The van der Waals surface area contributed by atoms with Gasteiger partial charge in [0.05, 0.1) is 17.0 Å². The molecule has 27 heavy (non-hydrogen) atoms. The summed E-state index contributed by atoms with van der Waals surface area (Å²) < 4.78 is 38.5. The predicted molar refractivity (Wildman–Crippen MR) is 94.7 cm³/mol. The zero-order valence-electron chi connectivity index (χ0n) is 15.3. The lowest BCUT2D eigenvalue weighted by atomic mass is 10.1. The molecule has 150 valence electrons. The quantitative estimate of drug-likeness (QED) is 0.554. The minimum absolute atomic E-state index is 0.0136. The molecule has 1 heterocycles. The summed E-state index contributed by atoms with van der Waals surface area (Å²) in [5.74, 6) is -0.0136. The summed E-state index contributed by atoms with van der Waals surface area (Å²) in [6.07, 6.45) is -4.64. The Labute approximate surface area is 155 Å². The molecule has 7 nitrogen and oxygen atoms in total. The number of halogens is 3. The normalized spacial score (nSPS) is 15.3. The smallest absolute Gasteiger partial charge is 0.362 e. The molecule has 10 heteroatoms. The first-order chi connectivity index (χ1) is 12.7. The van der Waals surface area contributed by atoms with Gasteiger partial charge in [0.1, 0.15) is 5.69 Å². The van der Waals surface area contributed by atoms with Gasteiger partial charge in [-0.25, -0.2) is 0 Å². The van der Waals surface area contributed by atoms with Crippen molar-refractivity contribution in [3.8, 4) is 0 Å².